The van der Waals surface area contributed by atoms with Crippen molar-refractivity contribution in [2.75, 3.05) is 25.1 Å². The van der Waals surface area contributed by atoms with Gasteiger partial charge in [0, 0.05) is 25.4 Å². The molecule has 0 heterocycles. The van der Waals surface area contributed by atoms with Gasteiger partial charge in [-0.1, -0.05) is 29.3 Å². The van der Waals surface area contributed by atoms with Crippen LogP contribution in [0.3, 0.4) is 0 Å². The molecule has 5 nitrogen and oxygen atoms in total. The third-order valence-electron chi connectivity index (χ3n) is 3.60. The van der Waals surface area contributed by atoms with Gasteiger partial charge in [-0.25, -0.2) is 8.42 Å². The van der Waals surface area contributed by atoms with Crippen molar-refractivity contribution in [3.05, 3.63) is 34.9 Å². The van der Waals surface area contributed by atoms with Crippen LogP contribution in [0.2, 0.25) is 0 Å². The van der Waals surface area contributed by atoms with Gasteiger partial charge in [0.2, 0.25) is 0 Å². The van der Waals surface area contributed by atoms with Crippen LogP contribution in [0.5, 0.6) is 0 Å². The van der Waals surface area contributed by atoms with Gasteiger partial charge in [-0.15, -0.1) is 24.0 Å². The SMILES string of the molecule is CCNC(=NCCc1cc(C)cc(C)c1)NC(C)CCS(C)(=O)=O.I. The zero-order valence-electron chi connectivity index (χ0n) is 15.9. The first-order valence-corrected chi connectivity index (χ1v) is 10.6. The summed E-state index contributed by atoms with van der Waals surface area (Å²) in [6, 6.07) is 6.61. The van der Waals surface area contributed by atoms with Gasteiger partial charge in [0.15, 0.2) is 5.96 Å². The van der Waals surface area contributed by atoms with E-state index in [1.54, 1.807) is 0 Å². The van der Waals surface area contributed by atoms with Gasteiger partial charge in [0.05, 0.1) is 5.75 Å². The Morgan fingerprint density at radius 1 is 1.20 bits per heavy atom. The third-order valence-corrected chi connectivity index (χ3v) is 4.58. The Bertz CT molecular complexity index is 640. The van der Waals surface area contributed by atoms with Crippen molar-refractivity contribution in [1.29, 1.82) is 0 Å². The van der Waals surface area contributed by atoms with Crippen LogP contribution in [0.4, 0.5) is 0 Å². The first kappa shape index (κ1) is 24.2. The molecule has 0 saturated heterocycles. The lowest BCUT2D eigenvalue weighted by Crippen LogP contribution is -2.43. The molecule has 0 amide bonds. The highest BCUT2D eigenvalue weighted by molar-refractivity contribution is 14.0. The minimum absolute atomic E-state index is 0. The summed E-state index contributed by atoms with van der Waals surface area (Å²) in [4.78, 5) is 4.60. The van der Waals surface area contributed by atoms with Crippen LogP contribution < -0.4 is 10.6 Å². The van der Waals surface area contributed by atoms with Crippen LogP contribution in [-0.2, 0) is 16.3 Å². The van der Waals surface area contributed by atoms with Gasteiger partial charge in [-0.05, 0) is 46.1 Å². The molecule has 0 radical (unpaired) electrons. The number of halogens is 1. The summed E-state index contributed by atoms with van der Waals surface area (Å²) in [5.41, 5.74) is 3.83. The fourth-order valence-corrected chi connectivity index (χ4v) is 3.31. The van der Waals surface area contributed by atoms with Gasteiger partial charge in [0.25, 0.3) is 0 Å². The first-order chi connectivity index (χ1) is 11.2. The number of nitrogens with one attached hydrogen (secondary N) is 2. The van der Waals surface area contributed by atoms with Crippen LogP contribution in [0.25, 0.3) is 0 Å². The van der Waals surface area contributed by atoms with E-state index in [4.69, 9.17) is 0 Å². The molecule has 1 unspecified atom stereocenters. The second-order valence-corrected chi connectivity index (χ2v) is 8.73. The topological polar surface area (TPSA) is 70.6 Å². The largest absolute Gasteiger partial charge is 0.357 e. The molecule has 7 heteroatoms. The molecule has 2 N–H and O–H groups in total. The molecule has 0 aliphatic heterocycles. The van der Waals surface area contributed by atoms with E-state index in [2.05, 4.69) is 47.7 Å². The van der Waals surface area contributed by atoms with Crippen LogP contribution in [0.15, 0.2) is 23.2 Å². The smallest absolute Gasteiger partial charge is 0.191 e. The summed E-state index contributed by atoms with van der Waals surface area (Å²) in [7, 11) is -2.93. The maximum Gasteiger partial charge on any atom is 0.191 e. The maximum absolute atomic E-state index is 11.3. The third kappa shape index (κ3) is 11.4. The van der Waals surface area contributed by atoms with E-state index in [9.17, 15) is 8.42 Å². The second-order valence-electron chi connectivity index (χ2n) is 6.47. The molecular weight excluding hydrogens is 449 g/mol. The minimum atomic E-state index is -2.93. The predicted octanol–water partition coefficient (Wildman–Crippen LogP) is 2.84. The van der Waals surface area contributed by atoms with Crippen molar-refractivity contribution in [3.8, 4) is 0 Å². The Kier molecular flexibility index (Phi) is 11.3. The molecule has 0 fully saturated rings. The molecule has 0 spiro atoms. The van der Waals surface area contributed by atoms with Crippen molar-refractivity contribution in [3.63, 3.8) is 0 Å². The van der Waals surface area contributed by atoms with Crippen LogP contribution in [0, 0.1) is 13.8 Å². The molecule has 25 heavy (non-hydrogen) atoms. The summed E-state index contributed by atoms with van der Waals surface area (Å²) < 4.78 is 22.5. The number of benzene rings is 1. The summed E-state index contributed by atoms with van der Waals surface area (Å²) in [6.45, 7) is 9.67. The fraction of sp³-hybridized carbons (Fsp3) is 0.611. The Labute approximate surface area is 170 Å². The number of guanidine groups is 1. The van der Waals surface area contributed by atoms with Crippen LogP contribution in [0.1, 0.15) is 37.0 Å². The van der Waals surface area contributed by atoms with Gasteiger partial charge in [0.1, 0.15) is 9.84 Å². The van der Waals surface area contributed by atoms with Crippen molar-refractivity contribution >= 4 is 39.8 Å². The molecule has 1 atom stereocenters. The number of aryl methyl sites for hydroxylation is 2. The summed E-state index contributed by atoms with van der Waals surface area (Å²) in [5.74, 6) is 0.922. The van der Waals surface area contributed by atoms with E-state index in [1.165, 1.54) is 22.9 Å². The van der Waals surface area contributed by atoms with Crippen LogP contribution in [-0.4, -0.2) is 45.5 Å². The Morgan fingerprint density at radius 3 is 2.32 bits per heavy atom. The molecule has 0 aliphatic carbocycles. The fourth-order valence-electron chi connectivity index (χ4n) is 2.53. The van der Waals surface area contributed by atoms with E-state index in [0.29, 0.717) is 13.0 Å². The average molecular weight is 481 g/mol. The Hall–Kier alpha value is -0.830. The molecular formula is C18H32IN3O2S. The molecule has 144 valence electrons. The van der Waals surface area contributed by atoms with E-state index < -0.39 is 9.84 Å². The van der Waals surface area contributed by atoms with Crippen molar-refractivity contribution in [1.82, 2.24) is 10.6 Å². The lowest BCUT2D eigenvalue weighted by molar-refractivity contribution is 0.581. The summed E-state index contributed by atoms with van der Waals surface area (Å²) >= 11 is 0. The standard InChI is InChI=1S/C18H31N3O2S.HI/c1-6-19-18(21-16(4)8-10-24(5,22)23)20-9-7-17-12-14(2)11-15(3)13-17;/h11-13,16H,6-10H2,1-5H3,(H2,19,20,21);1H. The van der Waals surface area contributed by atoms with Gasteiger partial charge >= 0.3 is 0 Å². The van der Waals surface area contributed by atoms with E-state index in [1.807, 2.05) is 13.8 Å². The van der Waals surface area contributed by atoms with E-state index >= 15 is 0 Å². The minimum Gasteiger partial charge on any atom is -0.357 e. The normalized spacial score (nSPS) is 13.1. The quantitative estimate of drug-likeness (QED) is 0.341. The van der Waals surface area contributed by atoms with Crippen molar-refractivity contribution in [2.24, 2.45) is 4.99 Å². The number of aliphatic imine (C=N–C) groups is 1. The number of sulfone groups is 1. The lowest BCUT2D eigenvalue weighted by atomic mass is 10.1. The van der Waals surface area contributed by atoms with Gasteiger partial charge in [-0.3, -0.25) is 4.99 Å². The molecule has 1 rings (SSSR count). The summed E-state index contributed by atoms with van der Waals surface area (Å²) in [5, 5.41) is 6.48. The number of nitrogens with zero attached hydrogens (tertiary/aromatic N) is 1. The van der Waals surface area contributed by atoms with Crippen molar-refractivity contribution < 1.29 is 8.42 Å². The average Bonchev–Trinajstić information content (AvgIpc) is 2.43. The molecule has 0 aromatic heterocycles. The first-order valence-electron chi connectivity index (χ1n) is 8.49. The zero-order valence-corrected chi connectivity index (χ0v) is 19.1. The monoisotopic (exact) mass is 481 g/mol. The number of hydrogen-bond donors (Lipinski definition) is 2. The van der Waals surface area contributed by atoms with Crippen molar-refractivity contribution in [2.45, 2.75) is 46.6 Å². The lowest BCUT2D eigenvalue weighted by Gasteiger charge is -2.17. The van der Waals surface area contributed by atoms with Gasteiger partial charge < -0.3 is 10.6 Å². The predicted molar refractivity (Wildman–Crippen MR) is 118 cm³/mol. The van der Waals surface area contributed by atoms with Gasteiger partial charge in [-0.2, -0.15) is 0 Å². The van der Waals surface area contributed by atoms with E-state index in [0.717, 1.165) is 18.9 Å². The highest BCUT2D eigenvalue weighted by Crippen LogP contribution is 2.09. The molecule has 1 aromatic rings. The highest BCUT2D eigenvalue weighted by Gasteiger charge is 2.09. The molecule has 0 bridgehead atoms. The van der Waals surface area contributed by atoms with Crippen LogP contribution >= 0.6 is 24.0 Å². The molecule has 0 saturated carbocycles. The zero-order chi connectivity index (χ0) is 18.2. The number of rotatable bonds is 8. The molecule has 1 aromatic carbocycles. The number of hydrogen-bond acceptors (Lipinski definition) is 3. The maximum atomic E-state index is 11.3. The highest BCUT2D eigenvalue weighted by atomic mass is 127. The van der Waals surface area contributed by atoms with E-state index in [-0.39, 0.29) is 35.8 Å². The Morgan fingerprint density at radius 2 is 1.80 bits per heavy atom. The molecule has 0 aliphatic rings. The Balaban J connectivity index is 0.00000576. The summed E-state index contributed by atoms with van der Waals surface area (Å²) in [6.07, 6.45) is 2.72. The second kappa shape index (κ2) is 11.7.